The lowest BCUT2D eigenvalue weighted by molar-refractivity contribution is -0.117. The van der Waals surface area contributed by atoms with Crippen molar-refractivity contribution in [3.8, 4) is 0 Å². The van der Waals surface area contributed by atoms with Gasteiger partial charge in [-0.2, -0.15) is 13.2 Å². The molecule has 0 heterocycles. The normalized spacial score (nSPS) is 13.9. The number of hydrogen-bond acceptors (Lipinski definition) is 2. The Morgan fingerprint density at radius 3 is 2.45 bits per heavy atom. The zero-order valence-corrected chi connectivity index (χ0v) is 10.9. The van der Waals surface area contributed by atoms with E-state index in [9.17, 15) is 18.0 Å². The number of rotatable bonds is 5. The number of allylic oxidation sites excluding steroid dienone is 1. The van der Waals surface area contributed by atoms with Crippen LogP contribution in [-0.2, 0) is 4.79 Å². The zero-order valence-electron chi connectivity index (χ0n) is 10.9. The third kappa shape index (κ3) is 5.05. The molecule has 6 heteroatoms. The van der Waals surface area contributed by atoms with Gasteiger partial charge in [-0.05, 0) is 11.5 Å². The molecule has 1 aromatic rings. The average Bonchev–Trinajstić information content (AvgIpc) is 2.41. The van der Waals surface area contributed by atoms with Crippen molar-refractivity contribution in [2.75, 3.05) is 13.2 Å². The monoisotopic (exact) mass is 287 g/mol. The van der Waals surface area contributed by atoms with Crippen molar-refractivity contribution in [1.82, 2.24) is 5.32 Å². The van der Waals surface area contributed by atoms with Gasteiger partial charge in [0.2, 0.25) is 5.91 Å². The van der Waals surface area contributed by atoms with Crippen molar-refractivity contribution in [3.63, 3.8) is 0 Å². The van der Waals surface area contributed by atoms with Gasteiger partial charge in [-0.15, -0.1) is 0 Å². The number of alkyl halides is 3. The van der Waals surface area contributed by atoms with Gasteiger partial charge in [0.05, 0.1) is 5.57 Å². The molecule has 0 saturated carbocycles. The zero-order chi connectivity index (χ0) is 15.2. The average molecular weight is 287 g/mol. The van der Waals surface area contributed by atoms with Crippen molar-refractivity contribution < 1.29 is 23.1 Å². The standard InChI is InChI=1S/C14H16F3NO2/c1-10(9-19)8-18-13(20)7-12(14(15,16)17)11-5-3-2-4-6-11/h2-7,10,19H,8-9H2,1H3,(H,18,20)/b12-7-. The summed E-state index contributed by atoms with van der Waals surface area (Å²) in [7, 11) is 0. The van der Waals surface area contributed by atoms with Crippen molar-refractivity contribution >= 4 is 11.5 Å². The summed E-state index contributed by atoms with van der Waals surface area (Å²) in [5.41, 5.74) is -1.06. The summed E-state index contributed by atoms with van der Waals surface area (Å²) in [4.78, 5) is 11.5. The number of carbonyl (C=O) groups excluding carboxylic acids is 1. The number of amides is 1. The fourth-order valence-electron chi connectivity index (χ4n) is 1.47. The van der Waals surface area contributed by atoms with E-state index in [0.717, 1.165) is 0 Å². The van der Waals surface area contributed by atoms with E-state index in [2.05, 4.69) is 5.32 Å². The highest BCUT2D eigenvalue weighted by Gasteiger charge is 2.35. The van der Waals surface area contributed by atoms with Crippen molar-refractivity contribution in [2.24, 2.45) is 5.92 Å². The lowest BCUT2D eigenvalue weighted by atomic mass is 10.1. The maximum absolute atomic E-state index is 12.9. The van der Waals surface area contributed by atoms with Gasteiger partial charge in [0, 0.05) is 19.2 Å². The van der Waals surface area contributed by atoms with Crippen LogP contribution in [0.5, 0.6) is 0 Å². The first-order valence-electron chi connectivity index (χ1n) is 6.07. The molecule has 0 aliphatic carbocycles. The van der Waals surface area contributed by atoms with Gasteiger partial charge >= 0.3 is 6.18 Å². The van der Waals surface area contributed by atoms with Crippen LogP contribution in [0.15, 0.2) is 36.4 Å². The second-order valence-electron chi connectivity index (χ2n) is 4.45. The van der Waals surface area contributed by atoms with Crippen molar-refractivity contribution in [2.45, 2.75) is 13.1 Å². The Labute approximate surface area is 115 Å². The van der Waals surface area contributed by atoms with Gasteiger partial charge in [0.15, 0.2) is 0 Å². The third-order valence-electron chi connectivity index (χ3n) is 2.60. The molecule has 0 saturated heterocycles. The number of carbonyl (C=O) groups is 1. The van der Waals surface area contributed by atoms with Crippen molar-refractivity contribution in [1.29, 1.82) is 0 Å². The Bertz CT molecular complexity index is 469. The van der Waals surface area contributed by atoms with Crippen LogP contribution in [0, 0.1) is 5.92 Å². The summed E-state index contributed by atoms with van der Waals surface area (Å²) in [6.45, 7) is 1.65. The number of aliphatic hydroxyl groups excluding tert-OH is 1. The van der Waals surface area contributed by atoms with Crippen molar-refractivity contribution in [3.05, 3.63) is 42.0 Å². The lowest BCUT2D eigenvalue weighted by Gasteiger charge is -2.13. The summed E-state index contributed by atoms with van der Waals surface area (Å²) in [6, 6.07) is 7.13. The Kier molecular flexibility index (Phi) is 5.76. The quantitative estimate of drug-likeness (QED) is 0.817. The summed E-state index contributed by atoms with van der Waals surface area (Å²) >= 11 is 0. The topological polar surface area (TPSA) is 49.3 Å². The number of aliphatic hydroxyl groups is 1. The predicted molar refractivity (Wildman–Crippen MR) is 69.7 cm³/mol. The first kappa shape index (κ1) is 16.2. The minimum Gasteiger partial charge on any atom is -0.396 e. The smallest absolute Gasteiger partial charge is 0.396 e. The van der Waals surface area contributed by atoms with Crippen LogP contribution in [0.3, 0.4) is 0 Å². The molecule has 0 spiro atoms. The maximum Gasteiger partial charge on any atom is 0.417 e. The molecule has 3 nitrogen and oxygen atoms in total. The molecule has 0 fully saturated rings. The largest absolute Gasteiger partial charge is 0.417 e. The summed E-state index contributed by atoms with van der Waals surface area (Å²) in [5, 5.41) is 11.1. The molecular weight excluding hydrogens is 271 g/mol. The molecule has 1 unspecified atom stereocenters. The van der Waals surface area contributed by atoms with E-state index < -0.39 is 17.7 Å². The van der Waals surface area contributed by atoms with E-state index in [1.165, 1.54) is 24.3 Å². The Hall–Kier alpha value is -1.82. The van der Waals surface area contributed by atoms with Gasteiger partial charge in [-0.1, -0.05) is 37.3 Å². The fraction of sp³-hybridized carbons (Fsp3) is 0.357. The van der Waals surface area contributed by atoms with Crippen LogP contribution in [0.1, 0.15) is 12.5 Å². The molecular formula is C14H16F3NO2. The molecule has 0 bridgehead atoms. The summed E-state index contributed by atoms with van der Waals surface area (Å²) in [6.07, 6.45) is -4.07. The summed E-state index contributed by atoms with van der Waals surface area (Å²) < 4.78 is 38.8. The SMILES string of the molecule is CC(CO)CNC(=O)/C=C(/c1ccccc1)C(F)(F)F. The van der Waals surface area contributed by atoms with E-state index >= 15 is 0 Å². The second kappa shape index (κ2) is 7.09. The van der Waals surface area contributed by atoms with Crippen LogP contribution in [-0.4, -0.2) is 30.3 Å². The molecule has 1 rings (SSSR count). The highest BCUT2D eigenvalue weighted by atomic mass is 19.4. The number of hydrogen-bond donors (Lipinski definition) is 2. The Morgan fingerprint density at radius 1 is 1.35 bits per heavy atom. The molecule has 110 valence electrons. The maximum atomic E-state index is 12.9. The lowest BCUT2D eigenvalue weighted by Crippen LogP contribution is -2.29. The van der Waals surface area contributed by atoms with Gasteiger partial charge in [0.1, 0.15) is 0 Å². The van der Waals surface area contributed by atoms with E-state index in [1.807, 2.05) is 0 Å². The van der Waals surface area contributed by atoms with Gasteiger partial charge in [0.25, 0.3) is 0 Å². The first-order chi connectivity index (χ1) is 9.34. The third-order valence-corrected chi connectivity index (χ3v) is 2.60. The van der Waals surface area contributed by atoms with Crippen LogP contribution in [0.25, 0.3) is 5.57 Å². The minimum atomic E-state index is -4.61. The predicted octanol–water partition coefficient (Wildman–Crippen LogP) is 2.38. The van der Waals surface area contributed by atoms with Crippen LogP contribution >= 0.6 is 0 Å². The van der Waals surface area contributed by atoms with E-state index in [1.54, 1.807) is 13.0 Å². The molecule has 1 atom stereocenters. The first-order valence-corrected chi connectivity index (χ1v) is 6.07. The molecule has 0 aliphatic rings. The summed E-state index contributed by atoms with van der Waals surface area (Å²) in [5.74, 6) is -1.04. The van der Waals surface area contributed by atoms with E-state index in [-0.39, 0.29) is 24.6 Å². The van der Waals surface area contributed by atoms with Crippen LogP contribution in [0.2, 0.25) is 0 Å². The number of nitrogens with one attached hydrogen (secondary N) is 1. The van der Waals surface area contributed by atoms with Gasteiger partial charge in [-0.25, -0.2) is 0 Å². The second-order valence-corrected chi connectivity index (χ2v) is 4.45. The number of benzene rings is 1. The molecule has 0 radical (unpaired) electrons. The van der Waals surface area contributed by atoms with Gasteiger partial charge < -0.3 is 10.4 Å². The Balaban J connectivity index is 2.90. The Morgan fingerprint density at radius 2 is 1.95 bits per heavy atom. The van der Waals surface area contributed by atoms with E-state index in [4.69, 9.17) is 5.11 Å². The molecule has 1 aromatic carbocycles. The highest BCUT2D eigenvalue weighted by molar-refractivity contribution is 5.96. The molecule has 2 N–H and O–H groups in total. The molecule has 1 amide bonds. The molecule has 0 aromatic heterocycles. The number of halogens is 3. The van der Waals surface area contributed by atoms with Crippen LogP contribution in [0.4, 0.5) is 13.2 Å². The van der Waals surface area contributed by atoms with E-state index in [0.29, 0.717) is 6.08 Å². The van der Waals surface area contributed by atoms with Gasteiger partial charge in [-0.3, -0.25) is 4.79 Å². The molecule has 20 heavy (non-hydrogen) atoms. The van der Waals surface area contributed by atoms with Crippen LogP contribution < -0.4 is 5.32 Å². The molecule has 0 aliphatic heterocycles. The minimum absolute atomic E-state index is 0.0645. The fourth-order valence-corrected chi connectivity index (χ4v) is 1.47. The highest BCUT2D eigenvalue weighted by Crippen LogP contribution is 2.33.